The maximum atomic E-state index is 13.0. The molecule has 0 aliphatic carbocycles. The predicted molar refractivity (Wildman–Crippen MR) is 111 cm³/mol. The van der Waals surface area contributed by atoms with Gasteiger partial charge in [0.2, 0.25) is 5.91 Å². The van der Waals surface area contributed by atoms with Crippen LogP contribution in [0, 0.1) is 0 Å². The lowest BCUT2D eigenvalue weighted by Crippen LogP contribution is -2.20. The van der Waals surface area contributed by atoms with E-state index >= 15 is 0 Å². The highest BCUT2D eigenvalue weighted by molar-refractivity contribution is 8.00. The Balaban J connectivity index is 1.73. The van der Waals surface area contributed by atoms with Gasteiger partial charge in [0.25, 0.3) is 5.91 Å². The third kappa shape index (κ3) is 5.62. The van der Waals surface area contributed by atoms with E-state index in [1.807, 2.05) is 60.7 Å². The van der Waals surface area contributed by atoms with Gasteiger partial charge in [-0.05, 0) is 42.0 Å². The first-order valence-corrected chi connectivity index (χ1v) is 9.58. The molecule has 142 valence electrons. The number of nitrogens with one attached hydrogen (secondary N) is 1. The Bertz CT molecular complexity index is 916. The van der Waals surface area contributed by atoms with Crippen LogP contribution in [-0.2, 0) is 9.59 Å². The van der Waals surface area contributed by atoms with Crippen molar-refractivity contribution in [3.8, 4) is 5.75 Å². The fourth-order valence-electron chi connectivity index (χ4n) is 2.53. The molecule has 0 aromatic heterocycles. The highest BCUT2D eigenvalue weighted by Gasteiger charge is 2.22. The molecule has 0 fully saturated rings. The molecule has 3 aromatic rings. The number of hydrogen-bond acceptors (Lipinski definition) is 4. The molecule has 0 aliphatic rings. The minimum atomic E-state index is -0.541. The Morgan fingerprint density at radius 3 is 2.11 bits per heavy atom. The SMILES string of the molecule is NC(=O)COc1ccc(NC(=O)C(Sc2ccccc2)c2ccccc2)cc1. The molecule has 0 spiro atoms. The van der Waals surface area contributed by atoms with Crippen molar-refractivity contribution >= 4 is 29.3 Å². The fourth-order valence-corrected chi connectivity index (χ4v) is 3.58. The van der Waals surface area contributed by atoms with Gasteiger partial charge in [0.1, 0.15) is 11.0 Å². The summed E-state index contributed by atoms with van der Waals surface area (Å²) >= 11 is 1.50. The minimum Gasteiger partial charge on any atom is -0.484 e. The molecule has 0 saturated heterocycles. The second-order valence-corrected chi connectivity index (χ2v) is 7.17. The van der Waals surface area contributed by atoms with Crippen molar-refractivity contribution in [3.63, 3.8) is 0 Å². The smallest absolute Gasteiger partial charge is 0.255 e. The number of carbonyl (C=O) groups is 2. The highest BCUT2D eigenvalue weighted by Crippen LogP contribution is 2.36. The number of nitrogens with two attached hydrogens (primary N) is 1. The monoisotopic (exact) mass is 392 g/mol. The normalized spacial score (nSPS) is 11.4. The van der Waals surface area contributed by atoms with Crippen molar-refractivity contribution in [1.82, 2.24) is 0 Å². The molecule has 1 unspecified atom stereocenters. The molecular weight excluding hydrogens is 372 g/mol. The van der Waals surface area contributed by atoms with Crippen LogP contribution in [0.3, 0.4) is 0 Å². The topological polar surface area (TPSA) is 81.4 Å². The quantitative estimate of drug-likeness (QED) is 0.567. The second kappa shape index (κ2) is 9.62. The summed E-state index contributed by atoms with van der Waals surface area (Å²) < 4.78 is 5.23. The molecule has 2 amide bonds. The van der Waals surface area contributed by atoms with E-state index < -0.39 is 11.2 Å². The number of benzene rings is 3. The molecule has 5 nitrogen and oxygen atoms in total. The standard InChI is InChI=1S/C22H20N2O3S/c23-20(25)15-27-18-13-11-17(12-14-18)24-22(26)21(16-7-3-1-4-8-16)28-19-9-5-2-6-10-19/h1-14,21H,15H2,(H2,23,25)(H,24,26). The second-order valence-electron chi connectivity index (χ2n) is 5.99. The minimum absolute atomic E-state index is 0.120. The Morgan fingerprint density at radius 2 is 1.50 bits per heavy atom. The summed E-state index contributed by atoms with van der Waals surface area (Å²) in [7, 11) is 0. The van der Waals surface area contributed by atoms with Gasteiger partial charge < -0.3 is 15.8 Å². The Morgan fingerprint density at radius 1 is 0.893 bits per heavy atom. The molecule has 6 heteroatoms. The van der Waals surface area contributed by atoms with Gasteiger partial charge in [-0.25, -0.2) is 0 Å². The maximum Gasteiger partial charge on any atom is 0.255 e. The number of hydrogen-bond donors (Lipinski definition) is 2. The number of primary amides is 1. The molecule has 0 aliphatic heterocycles. The van der Waals surface area contributed by atoms with E-state index in [-0.39, 0.29) is 12.5 Å². The van der Waals surface area contributed by atoms with Gasteiger partial charge in [0.05, 0.1) is 0 Å². The lowest BCUT2D eigenvalue weighted by molar-refractivity contribution is -0.120. The molecule has 1 atom stereocenters. The number of carbonyl (C=O) groups excluding carboxylic acids is 2. The summed E-state index contributed by atoms with van der Waals surface area (Å²) in [4.78, 5) is 24.8. The van der Waals surface area contributed by atoms with E-state index in [9.17, 15) is 9.59 Å². The summed E-state index contributed by atoms with van der Waals surface area (Å²) in [5, 5.41) is 2.55. The lowest BCUT2D eigenvalue weighted by Gasteiger charge is -2.17. The Hall–Kier alpha value is -3.25. The van der Waals surface area contributed by atoms with E-state index in [4.69, 9.17) is 10.5 Å². The molecule has 0 bridgehead atoms. The van der Waals surface area contributed by atoms with E-state index in [1.165, 1.54) is 11.8 Å². The molecule has 3 rings (SSSR count). The van der Waals surface area contributed by atoms with Gasteiger partial charge >= 0.3 is 0 Å². The van der Waals surface area contributed by atoms with Gasteiger partial charge in [-0.15, -0.1) is 11.8 Å². The molecule has 3 aromatic carbocycles. The number of ether oxygens (including phenoxy) is 1. The summed E-state index contributed by atoms with van der Waals surface area (Å²) in [5.41, 5.74) is 6.64. The first-order valence-electron chi connectivity index (χ1n) is 8.70. The zero-order valence-electron chi connectivity index (χ0n) is 15.1. The summed E-state index contributed by atoms with van der Waals surface area (Å²) in [6.07, 6.45) is 0. The average Bonchev–Trinajstić information content (AvgIpc) is 2.73. The van der Waals surface area contributed by atoms with Crippen LogP contribution in [0.2, 0.25) is 0 Å². The van der Waals surface area contributed by atoms with Crippen LogP contribution in [0.5, 0.6) is 5.75 Å². The summed E-state index contributed by atoms with van der Waals surface area (Å²) in [6, 6.07) is 26.3. The summed E-state index contributed by atoms with van der Waals surface area (Å²) in [5.74, 6) is -0.151. The molecule has 3 N–H and O–H groups in total. The van der Waals surface area contributed by atoms with E-state index in [1.54, 1.807) is 24.3 Å². The van der Waals surface area contributed by atoms with Crippen LogP contribution in [0.25, 0.3) is 0 Å². The van der Waals surface area contributed by atoms with Crippen LogP contribution < -0.4 is 15.8 Å². The van der Waals surface area contributed by atoms with E-state index in [0.717, 1.165) is 10.5 Å². The van der Waals surface area contributed by atoms with E-state index in [0.29, 0.717) is 11.4 Å². The van der Waals surface area contributed by atoms with Crippen molar-refractivity contribution in [2.45, 2.75) is 10.1 Å². The number of thioether (sulfide) groups is 1. The lowest BCUT2D eigenvalue weighted by atomic mass is 10.1. The van der Waals surface area contributed by atoms with Crippen LogP contribution in [-0.4, -0.2) is 18.4 Å². The average molecular weight is 392 g/mol. The molecule has 0 radical (unpaired) electrons. The zero-order chi connectivity index (χ0) is 19.8. The molecule has 0 heterocycles. The van der Waals surface area contributed by atoms with Crippen molar-refractivity contribution in [1.29, 1.82) is 0 Å². The Kier molecular flexibility index (Phi) is 6.70. The van der Waals surface area contributed by atoms with E-state index in [2.05, 4.69) is 5.32 Å². The predicted octanol–water partition coefficient (Wildman–Crippen LogP) is 4.02. The van der Waals surface area contributed by atoms with Crippen molar-refractivity contribution in [3.05, 3.63) is 90.5 Å². The number of amides is 2. The van der Waals surface area contributed by atoms with Gasteiger partial charge in [-0.3, -0.25) is 9.59 Å². The number of anilines is 1. The van der Waals surface area contributed by atoms with Gasteiger partial charge in [0.15, 0.2) is 6.61 Å². The van der Waals surface area contributed by atoms with Crippen LogP contribution in [0.4, 0.5) is 5.69 Å². The highest BCUT2D eigenvalue weighted by atomic mass is 32.2. The first-order chi connectivity index (χ1) is 13.6. The number of rotatable bonds is 8. The largest absolute Gasteiger partial charge is 0.484 e. The summed E-state index contributed by atoms with van der Waals surface area (Å²) in [6.45, 7) is -0.185. The molecule has 0 saturated carbocycles. The zero-order valence-corrected chi connectivity index (χ0v) is 15.9. The van der Waals surface area contributed by atoms with Crippen molar-refractivity contribution < 1.29 is 14.3 Å². The van der Waals surface area contributed by atoms with Gasteiger partial charge in [0, 0.05) is 10.6 Å². The van der Waals surface area contributed by atoms with Crippen LogP contribution >= 0.6 is 11.8 Å². The van der Waals surface area contributed by atoms with Crippen molar-refractivity contribution in [2.24, 2.45) is 5.73 Å². The maximum absolute atomic E-state index is 13.0. The molecular formula is C22H20N2O3S. The van der Waals surface area contributed by atoms with Crippen LogP contribution in [0.1, 0.15) is 10.8 Å². The Labute approximate surface area is 167 Å². The van der Waals surface area contributed by atoms with Gasteiger partial charge in [-0.1, -0.05) is 48.5 Å². The third-order valence-corrected chi connectivity index (χ3v) is 5.11. The molecule has 28 heavy (non-hydrogen) atoms. The van der Waals surface area contributed by atoms with Gasteiger partial charge in [-0.2, -0.15) is 0 Å². The van der Waals surface area contributed by atoms with Crippen molar-refractivity contribution in [2.75, 3.05) is 11.9 Å². The van der Waals surface area contributed by atoms with Crippen LogP contribution in [0.15, 0.2) is 89.8 Å². The first kappa shape index (κ1) is 19.5. The third-order valence-electron chi connectivity index (χ3n) is 3.84. The fraction of sp³-hybridized carbons (Fsp3) is 0.0909.